The fraction of sp³-hybridized carbons (Fsp3) is 0.231. The lowest BCUT2D eigenvalue weighted by atomic mass is 10.1. The number of hydrogen-bond donors (Lipinski definition) is 0. The zero-order chi connectivity index (χ0) is 11.8. The summed E-state index contributed by atoms with van der Waals surface area (Å²) in [5.41, 5.74) is 1.08. The number of aldehydes is 1. The molecule has 1 fully saturated rings. The van der Waals surface area contributed by atoms with E-state index in [9.17, 15) is 9.59 Å². The number of hydrogen-bond acceptors (Lipinski definition) is 4. The number of rotatable bonds is 2. The summed E-state index contributed by atoms with van der Waals surface area (Å²) >= 11 is 0. The Labute approximate surface area is 97.5 Å². The predicted octanol–water partition coefficient (Wildman–Crippen LogP) is 1.82. The van der Waals surface area contributed by atoms with Gasteiger partial charge in [-0.25, -0.2) is 4.79 Å². The maximum Gasteiger partial charge on any atom is 0.346 e. The monoisotopic (exact) mass is 229 g/mol. The minimum absolute atomic E-state index is 0.0641. The van der Waals surface area contributed by atoms with E-state index in [2.05, 4.69) is 4.90 Å². The minimum Gasteiger partial charge on any atom is -0.422 e. The molecule has 1 aliphatic rings. The minimum atomic E-state index is -0.576. The molecule has 0 spiro atoms. The third kappa shape index (κ3) is 1.62. The zero-order valence-electron chi connectivity index (χ0n) is 9.18. The van der Waals surface area contributed by atoms with E-state index < -0.39 is 5.63 Å². The molecule has 1 aliphatic heterocycles. The zero-order valence-corrected chi connectivity index (χ0v) is 9.18. The summed E-state index contributed by atoms with van der Waals surface area (Å²) in [7, 11) is 0. The second kappa shape index (κ2) is 3.73. The van der Waals surface area contributed by atoms with Crippen LogP contribution in [0.5, 0.6) is 0 Å². The Morgan fingerprint density at radius 2 is 2.06 bits per heavy atom. The first-order valence-corrected chi connectivity index (χ1v) is 5.56. The molecular formula is C13H11NO3. The topological polar surface area (TPSA) is 50.5 Å². The molecule has 0 unspecified atom stereocenters. The number of anilines is 1. The third-order valence-electron chi connectivity index (χ3n) is 3.09. The van der Waals surface area contributed by atoms with Gasteiger partial charge in [-0.15, -0.1) is 0 Å². The van der Waals surface area contributed by atoms with Crippen LogP contribution in [-0.4, -0.2) is 19.4 Å². The Morgan fingerprint density at radius 3 is 2.71 bits per heavy atom. The SMILES string of the molecule is O=Cc1cc2ccc(N3CCC3)cc2oc1=O. The fourth-order valence-electron chi connectivity index (χ4n) is 1.97. The third-order valence-corrected chi connectivity index (χ3v) is 3.09. The second-order valence-electron chi connectivity index (χ2n) is 4.17. The van der Waals surface area contributed by atoms with Gasteiger partial charge >= 0.3 is 5.63 Å². The smallest absolute Gasteiger partial charge is 0.346 e. The van der Waals surface area contributed by atoms with Gasteiger partial charge in [0.1, 0.15) is 11.1 Å². The van der Waals surface area contributed by atoms with Gasteiger partial charge in [-0.05, 0) is 24.6 Å². The lowest BCUT2D eigenvalue weighted by Gasteiger charge is -2.33. The highest BCUT2D eigenvalue weighted by atomic mass is 16.4. The summed E-state index contributed by atoms with van der Waals surface area (Å²) in [6.45, 7) is 2.09. The Kier molecular flexibility index (Phi) is 2.21. The fourth-order valence-corrected chi connectivity index (χ4v) is 1.97. The molecule has 17 heavy (non-hydrogen) atoms. The Hall–Kier alpha value is -2.10. The van der Waals surface area contributed by atoms with Gasteiger partial charge in [0.25, 0.3) is 0 Å². The van der Waals surface area contributed by atoms with Crippen LogP contribution in [0, 0.1) is 0 Å². The molecule has 3 rings (SSSR count). The summed E-state index contributed by atoms with van der Waals surface area (Å²) in [6.07, 6.45) is 1.72. The van der Waals surface area contributed by atoms with Crippen LogP contribution in [0.4, 0.5) is 5.69 Å². The lowest BCUT2D eigenvalue weighted by molar-refractivity contribution is 0.112. The number of fused-ring (bicyclic) bond motifs is 1. The summed E-state index contributed by atoms with van der Waals surface area (Å²) in [5.74, 6) is 0. The van der Waals surface area contributed by atoms with Gasteiger partial charge in [-0.2, -0.15) is 0 Å². The van der Waals surface area contributed by atoms with Crippen molar-refractivity contribution in [2.75, 3.05) is 18.0 Å². The van der Waals surface area contributed by atoms with Crippen LogP contribution in [0.15, 0.2) is 33.5 Å². The summed E-state index contributed by atoms with van der Waals surface area (Å²) in [6, 6.07) is 7.27. The van der Waals surface area contributed by atoms with Crippen molar-refractivity contribution in [1.29, 1.82) is 0 Å². The van der Waals surface area contributed by atoms with E-state index in [1.54, 1.807) is 6.07 Å². The van der Waals surface area contributed by atoms with Crippen molar-refractivity contribution in [3.63, 3.8) is 0 Å². The Balaban J connectivity index is 2.16. The molecule has 0 amide bonds. The van der Waals surface area contributed by atoms with Crippen molar-refractivity contribution < 1.29 is 9.21 Å². The van der Waals surface area contributed by atoms with E-state index in [0.29, 0.717) is 11.9 Å². The molecule has 2 heterocycles. The highest BCUT2D eigenvalue weighted by Crippen LogP contribution is 2.24. The molecule has 1 aromatic carbocycles. The maximum atomic E-state index is 11.4. The van der Waals surface area contributed by atoms with Crippen LogP contribution in [0.3, 0.4) is 0 Å². The van der Waals surface area contributed by atoms with Crippen LogP contribution in [0.25, 0.3) is 11.0 Å². The first-order chi connectivity index (χ1) is 8.28. The molecule has 4 nitrogen and oxygen atoms in total. The first kappa shape index (κ1) is 10.1. The van der Waals surface area contributed by atoms with Gasteiger partial charge in [-0.3, -0.25) is 4.79 Å². The Bertz CT molecular complexity index is 641. The van der Waals surface area contributed by atoms with Gasteiger partial charge in [-0.1, -0.05) is 0 Å². The molecule has 2 aromatic rings. The van der Waals surface area contributed by atoms with E-state index >= 15 is 0 Å². The van der Waals surface area contributed by atoms with Gasteiger partial charge in [0, 0.05) is 30.2 Å². The van der Waals surface area contributed by atoms with Crippen LogP contribution < -0.4 is 10.5 Å². The van der Waals surface area contributed by atoms with E-state index in [1.807, 2.05) is 18.2 Å². The average molecular weight is 229 g/mol. The molecule has 0 saturated carbocycles. The summed E-state index contributed by atoms with van der Waals surface area (Å²) in [5, 5.41) is 0.774. The van der Waals surface area contributed by atoms with E-state index in [-0.39, 0.29) is 5.56 Å². The van der Waals surface area contributed by atoms with Crippen LogP contribution in [-0.2, 0) is 0 Å². The highest BCUT2D eigenvalue weighted by molar-refractivity contribution is 5.86. The number of benzene rings is 1. The van der Waals surface area contributed by atoms with Crippen LogP contribution in [0.2, 0.25) is 0 Å². The normalized spacial score (nSPS) is 14.7. The molecule has 1 saturated heterocycles. The molecule has 0 radical (unpaired) electrons. The molecule has 86 valence electrons. The lowest BCUT2D eigenvalue weighted by Crippen LogP contribution is -2.36. The molecule has 0 atom stereocenters. The molecular weight excluding hydrogens is 218 g/mol. The van der Waals surface area contributed by atoms with Crippen molar-refractivity contribution in [2.45, 2.75) is 6.42 Å². The highest BCUT2D eigenvalue weighted by Gasteiger charge is 2.15. The number of carbonyl (C=O) groups is 1. The molecule has 0 aliphatic carbocycles. The van der Waals surface area contributed by atoms with E-state index in [1.165, 1.54) is 6.42 Å². The average Bonchev–Trinajstić information content (AvgIpc) is 2.25. The largest absolute Gasteiger partial charge is 0.422 e. The van der Waals surface area contributed by atoms with Crippen molar-refractivity contribution >= 4 is 22.9 Å². The van der Waals surface area contributed by atoms with Crippen molar-refractivity contribution in [1.82, 2.24) is 0 Å². The van der Waals surface area contributed by atoms with E-state index in [4.69, 9.17) is 4.42 Å². The number of carbonyl (C=O) groups excluding carboxylic acids is 1. The predicted molar refractivity (Wildman–Crippen MR) is 64.7 cm³/mol. The first-order valence-electron chi connectivity index (χ1n) is 5.56. The van der Waals surface area contributed by atoms with Gasteiger partial charge in [0.2, 0.25) is 0 Å². The van der Waals surface area contributed by atoms with Gasteiger partial charge < -0.3 is 9.32 Å². The maximum absolute atomic E-state index is 11.4. The van der Waals surface area contributed by atoms with Gasteiger partial charge in [0.15, 0.2) is 6.29 Å². The standard InChI is InChI=1S/C13H11NO3/c15-8-10-6-9-2-3-11(14-4-1-5-14)7-12(9)17-13(10)16/h2-3,6-8H,1,4-5H2. The molecule has 4 heteroatoms. The Morgan fingerprint density at radius 1 is 1.24 bits per heavy atom. The van der Waals surface area contributed by atoms with Crippen molar-refractivity contribution in [2.24, 2.45) is 0 Å². The van der Waals surface area contributed by atoms with Crippen LogP contribution >= 0.6 is 0 Å². The molecule has 0 N–H and O–H groups in total. The van der Waals surface area contributed by atoms with Crippen LogP contribution in [0.1, 0.15) is 16.8 Å². The molecule has 1 aromatic heterocycles. The number of nitrogens with zero attached hydrogens (tertiary/aromatic N) is 1. The second-order valence-corrected chi connectivity index (χ2v) is 4.17. The summed E-state index contributed by atoms with van der Waals surface area (Å²) < 4.78 is 5.13. The van der Waals surface area contributed by atoms with Crippen molar-refractivity contribution in [3.05, 3.63) is 40.2 Å². The summed E-state index contributed by atoms with van der Waals surface area (Å²) in [4.78, 5) is 24.3. The van der Waals surface area contributed by atoms with E-state index in [0.717, 1.165) is 24.2 Å². The quantitative estimate of drug-likeness (QED) is 0.582. The van der Waals surface area contributed by atoms with Gasteiger partial charge in [0.05, 0.1) is 0 Å². The van der Waals surface area contributed by atoms with Crippen molar-refractivity contribution in [3.8, 4) is 0 Å². The molecule has 0 bridgehead atoms.